The van der Waals surface area contributed by atoms with Crippen molar-refractivity contribution in [1.82, 2.24) is 0 Å². The van der Waals surface area contributed by atoms with Crippen molar-refractivity contribution in [3.63, 3.8) is 0 Å². The minimum Gasteiger partial charge on any atom is -0.397 e. The molecule has 1 heterocycles. The zero-order chi connectivity index (χ0) is 12.6. The quantitative estimate of drug-likeness (QED) is 0.813. The second-order valence-electron chi connectivity index (χ2n) is 4.14. The second-order valence-corrected chi connectivity index (χ2v) is 5.05. The number of nitrogen functional groups attached to an aromatic ring is 1. The summed E-state index contributed by atoms with van der Waals surface area (Å²) >= 11 is 3.15. The molecule has 0 aromatic heterocycles. The summed E-state index contributed by atoms with van der Waals surface area (Å²) in [6.07, 6.45) is 0.353. The van der Waals surface area contributed by atoms with Crippen molar-refractivity contribution in [3.8, 4) is 0 Å². The number of amides is 1. The van der Waals surface area contributed by atoms with Gasteiger partial charge in [0.1, 0.15) is 11.5 Å². The molecule has 6 heteroatoms. The van der Waals surface area contributed by atoms with Crippen LogP contribution in [0, 0.1) is 11.7 Å². The number of rotatable bonds is 2. The predicted molar refractivity (Wildman–Crippen MR) is 68.0 cm³/mol. The topological polar surface area (TPSA) is 72.4 Å². The third-order valence-electron chi connectivity index (χ3n) is 2.87. The summed E-state index contributed by atoms with van der Waals surface area (Å²) in [5.41, 5.74) is 11.7. The highest BCUT2D eigenvalue weighted by atomic mass is 79.9. The first kappa shape index (κ1) is 12.3. The molecule has 0 spiro atoms. The fraction of sp³-hybridized carbons (Fsp3) is 0.364. The lowest BCUT2D eigenvalue weighted by Crippen LogP contribution is -2.27. The average Bonchev–Trinajstić information content (AvgIpc) is 2.59. The van der Waals surface area contributed by atoms with Gasteiger partial charge in [-0.05, 0) is 24.6 Å². The molecule has 1 unspecified atom stereocenters. The van der Waals surface area contributed by atoms with Gasteiger partial charge in [0.15, 0.2) is 0 Å². The molecule has 1 atom stereocenters. The molecule has 2 rings (SSSR count). The molecule has 0 bridgehead atoms. The molecule has 0 saturated carbocycles. The van der Waals surface area contributed by atoms with E-state index < -0.39 is 5.82 Å². The number of anilines is 2. The Morgan fingerprint density at radius 2 is 2.24 bits per heavy atom. The van der Waals surface area contributed by atoms with E-state index in [0.717, 1.165) is 0 Å². The maximum atomic E-state index is 13.8. The van der Waals surface area contributed by atoms with Gasteiger partial charge in [-0.25, -0.2) is 4.39 Å². The van der Waals surface area contributed by atoms with Gasteiger partial charge < -0.3 is 16.4 Å². The van der Waals surface area contributed by atoms with E-state index in [2.05, 4.69) is 15.9 Å². The van der Waals surface area contributed by atoms with Gasteiger partial charge in [0.25, 0.3) is 0 Å². The van der Waals surface area contributed by atoms with Gasteiger partial charge in [-0.15, -0.1) is 0 Å². The molecular weight excluding hydrogens is 289 g/mol. The third kappa shape index (κ3) is 2.28. The normalized spacial score (nSPS) is 20.1. The van der Waals surface area contributed by atoms with Crippen LogP contribution in [-0.2, 0) is 4.79 Å². The molecule has 1 fully saturated rings. The molecule has 1 aromatic carbocycles. The number of hydrogen-bond acceptors (Lipinski definition) is 3. The van der Waals surface area contributed by atoms with Crippen LogP contribution in [0.25, 0.3) is 0 Å². The lowest BCUT2D eigenvalue weighted by molar-refractivity contribution is -0.117. The summed E-state index contributed by atoms with van der Waals surface area (Å²) in [4.78, 5) is 13.2. The Labute approximate surface area is 107 Å². The van der Waals surface area contributed by atoms with Gasteiger partial charge in [-0.1, -0.05) is 15.9 Å². The Kier molecular flexibility index (Phi) is 3.35. The Bertz CT molecular complexity index is 443. The van der Waals surface area contributed by atoms with E-state index in [0.29, 0.717) is 24.0 Å². The van der Waals surface area contributed by atoms with Crippen molar-refractivity contribution in [2.24, 2.45) is 11.7 Å². The summed E-state index contributed by atoms with van der Waals surface area (Å²) < 4.78 is 14.4. The number of hydrogen-bond donors (Lipinski definition) is 2. The maximum absolute atomic E-state index is 13.8. The van der Waals surface area contributed by atoms with E-state index in [9.17, 15) is 9.18 Å². The summed E-state index contributed by atoms with van der Waals surface area (Å²) in [5, 5.41) is 0. The summed E-state index contributed by atoms with van der Waals surface area (Å²) in [5.74, 6) is -0.554. The average molecular weight is 302 g/mol. The number of nitrogens with two attached hydrogens (primary N) is 2. The Balaban J connectivity index is 2.38. The van der Waals surface area contributed by atoms with Crippen LogP contribution in [0.15, 0.2) is 16.6 Å². The SMILES string of the molecule is NCC1CC(=O)N(c2c(N)cc(Br)cc2F)C1. The number of benzene rings is 1. The Hall–Kier alpha value is -1.14. The summed E-state index contributed by atoms with van der Waals surface area (Å²) in [6, 6.07) is 2.89. The predicted octanol–water partition coefficient (Wildman–Crippen LogP) is 1.48. The highest BCUT2D eigenvalue weighted by Gasteiger charge is 2.32. The van der Waals surface area contributed by atoms with Crippen molar-refractivity contribution >= 4 is 33.2 Å². The van der Waals surface area contributed by atoms with E-state index >= 15 is 0 Å². The zero-order valence-corrected chi connectivity index (χ0v) is 10.7. The first-order valence-electron chi connectivity index (χ1n) is 5.28. The van der Waals surface area contributed by atoms with Crippen molar-refractivity contribution in [2.75, 3.05) is 23.7 Å². The number of carbonyl (C=O) groups is 1. The molecule has 1 aromatic rings. The fourth-order valence-corrected chi connectivity index (χ4v) is 2.47. The van der Waals surface area contributed by atoms with E-state index in [1.54, 1.807) is 6.07 Å². The van der Waals surface area contributed by atoms with Gasteiger partial charge in [0, 0.05) is 17.4 Å². The first-order chi connectivity index (χ1) is 8.02. The number of nitrogens with zero attached hydrogens (tertiary/aromatic N) is 1. The lowest BCUT2D eigenvalue weighted by atomic mass is 10.1. The van der Waals surface area contributed by atoms with Crippen molar-refractivity contribution in [1.29, 1.82) is 0 Å². The van der Waals surface area contributed by atoms with Crippen LogP contribution in [0.1, 0.15) is 6.42 Å². The first-order valence-corrected chi connectivity index (χ1v) is 6.07. The van der Waals surface area contributed by atoms with Crippen LogP contribution in [0.4, 0.5) is 15.8 Å². The van der Waals surface area contributed by atoms with E-state index in [1.807, 2.05) is 0 Å². The van der Waals surface area contributed by atoms with Crippen LogP contribution in [0.2, 0.25) is 0 Å². The molecule has 92 valence electrons. The van der Waals surface area contributed by atoms with E-state index in [4.69, 9.17) is 11.5 Å². The van der Waals surface area contributed by atoms with Crippen molar-refractivity contribution in [3.05, 3.63) is 22.4 Å². The van der Waals surface area contributed by atoms with E-state index in [-0.39, 0.29) is 23.2 Å². The van der Waals surface area contributed by atoms with Gasteiger partial charge in [0.05, 0.1) is 5.69 Å². The summed E-state index contributed by atoms with van der Waals surface area (Å²) in [6.45, 7) is 0.846. The molecule has 1 amide bonds. The van der Waals surface area contributed by atoms with Crippen LogP contribution >= 0.6 is 15.9 Å². The number of halogens is 2. The molecule has 4 N–H and O–H groups in total. The van der Waals surface area contributed by atoms with Gasteiger partial charge in [-0.2, -0.15) is 0 Å². The largest absolute Gasteiger partial charge is 0.397 e. The second kappa shape index (κ2) is 4.62. The molecule has 4 nitrogen and oxygen atoms in total. The highest BCUT2D eigenvalue weighted by Crippen LogP contribution is 2.34. The van der Waals surface area contributed by atoms with E-state index in [1.165, 1.54) is 11.0 Å². The van der Waals surface area contributed by atoms with Crippen LogP contribution in [-0.4, -0.2) is 19.0 Å². The molecule has 0 radical (unpaired) electrons. The molecular formula is C11H13BrFN3O. The molecule has 0 aliphatic carbocycles. The standard InChI is InChI=1S/C11H13BrFN3O/c12-7-2-8(13)11(9(15)3-7)16-5-6(4-14)1-10(16)17/h2-3,6H,1,4-5,14-15H2. The Morgan fingerprint density at radius 3 is 2.76 bits per heavy atom. The molecule has 1 saturated heterocycles. The van der Waals surface area contributed by atoms with Crippen LogP contribution < -0.4 is 16.4 Å². The minimum atomic E-state index is -0.497. The molecule has 17 heavy (non-hydrogen) atoms. The molecule has 1 aliphatic rings. The highest BCUT2D eigenvalue weighted by molar-refractivity contribution is 9.10. The van der Waals surface area contributed by atoms with Crippen LogP contribution in [0.3, 0.4) is 0 Å². The Morgan fingerprint density at radius 1 is 1.53 bits per heavy atom. The molecule has 1 aliphatic heterocycles. The van der Waals surface area contributed by atoms with Gasteiger partial charge in [0.2, 0.25) is 5.91 Å². The summed E-state index contributed by atoms with van der Waals surface area (Å²) in [7, 11) is 0. The van der Waals surface area contributed by atoms with Gasteiger partial charge >= 0.3 is 0 Å². The zero-order valence-electron chi connectivity index (χ0n) is 9.12. The lowest BCUT2D eigenvalue weighted by Gasteiger charge is -2.19. The number of carbonyl (C=O) groups excluding carboxylic acids is 1. The smallest absolute Gasteiger partial charge is 0.227 e. The third-order valence-corrected chi connectivity index (χ3v) is 3.32. The minimum absolute atomic E-state index is 0.0740. The van der Waals surface area contributed by atoms with Gasteiger partial charge in [-0.3, -0.25) is 4.79 Å². The maximum Gasteiger partial charge on any atom is 0.227 e. The fourth-order valence-electron chi connectivity index (χ4n) is 2.03. The van der Waals surface area contributed by atoms with Crippen molar-refractivity contribution in [2.45, 2.75) is 6.42 Å². The van der Waals surface area contributed by atoms with Crippen LogP contribution in [0.5, 0.6) is 0 Å². The van der Waals surface area contributed by atoms with Crippen molar-refractivity contribution < 1.29 is 9.18 Å². The monoisotopic (exact) mass is 301 g/mol.